The second-order valence-electron chi connectivity index (χ2n) is 4.82. The predicted molar refractivity (Wildman–Crippen MR) is 79.3 cm³/mol. The molecule has 1 rings (SSSR count). The van der Waals surface area contributed by atoms with E-state index >= 15 is 0 Å². The lowest BCUT2D eigenvalue weighted by Gasteiger charge is -2.30. The van der Waals surface area contributed by atoms with Crippen LogP contribution in [0.25, 0.3) is 0 Å². The first-order chi connectivity index (χ1) is 9.34. The number of nitrogens with zero attached hydrogens (tertiary/aromatic N) is 1. The van der Waals surface area contributed by atoms with Crippen LogP contribution in [0.4, 0.5) is 0 Å². The predicted octanol–water partition coefficient (Wildman–Crippen LogP) is 3.31. The third-order valence-electron chi connectivity index (χ3n) is 3.49. The Kier molecular flexibility index (Phi) is 5.85. The first-order valence-electron chi connectivity index (χ1n) is 6.39. The molecule has 0 bridgehead atoms. The van der Waals surface area contributed by atoms with Crippen LogP contribution < -0.4 is 4.74 Å². The molecule has 0 aliphatic rings. The lowest BCUT2D eigenvalue weighted by atomic mass is 9.85. The van der Waals surface area contributed by atoms with Gasteiger partial charge in [0.15, 0.2) is 0 Å². The van der Waals surface area contributed by atoms with Gasteiger partial charge in [-0.3, -0.25) is 0 Å². The van der Waals surface area contributed by atoms with Crippen molar-refractivity contribution in [1.82, 2.24) is 0 Å². The first-order valence-corrected chi connectivity index (χ1v) is 8.87. The van der Waals surface area contributed by atoms with Crippen LogP contribution >= 0.6 is 10.7 Å². The maximum atomic E-state index is 11.3. The molecule has 6 heteroatoms. The summed E-state index contributed by atoms with van der Waals surface area (Å²) in [7, 11) is 1.79. The molecule has 0 atom stereocenters. The monoisotopic (exact) mass is 315 g/mol. The van der Waals surface area contributed by atoms with E-state index < -0.39 is 14.5 Å². The van der Waals surface area contributed by atoms with Gasteiger partial charge in [0.05, 0.1) is 24.0 Å². The second-order valence-corrected chi connectivity index (χ2v) is 7.60. The van der Waals surface area contributed by atoms with E-state index in [0.717, 1.165) is 0 Å². The maximum absolute atomic E-state index is 11.3. The van der Waals surface area contributed by atoms with Crippen LogP contribution in [-0.2, 0) is 9.05 Å². The summed E-state index contributed by atoms with van der Waals surface area (Å²) in [6.07, 6.45) is 1.29. The van der Waals surface area contributed by atoms with Crippen molar-refractivity contribution in [3.63, 3.8) is 0 Å². The first kappa shape index (κ1) is 16.8. The molecule has 0 N–H and O–H groups in total. The van der Waals surface area contributed by atoms with Crippen molar-refractivity contribution in [2.75, 3.05) is 12.4 Å². The Morgan fingerprint density at radius 1 is 1.35 bits per heavy atom. The van der Waals surface area contributed by atoms with E-state index in [1.165, 1.54) is 0 Å². The van der Waals surface area contributed by atoms with Gasteiger partial charge in [-0.15, -0.1) is 0 Å². The van der Waals surface area contributed by atoms with E-state index in [1.807, 2.05) is 19.9 Å². The number of hydrogen-bond acceptors (Lipinski definition) is 4. The van der Waals surface area contributed by atoms with Gasteiger partial charge in [-0.05, 0) is 31.0 Å². The molecule has 0 spiro atoms. The molecule has 1 aromatic carbocycles. The Morgan fingerprint density at radius 2 is 2.00 bits per heavy atom. The zero-order valence-corrected chi connectivity index (χ0v) is 13.2. The fourth-order valence-corrected chi connectivity index (χ4v) is 3.87. The summed E-state index contributed by atoms with van der Waals surface area (Å²) in [6.45, 7) is 4.09. The van der Waals surface area contributed by atoms with Gasteiger partial charge in [-0.1, -0.05) is 19.9 Å². The van der Waals surface area contributed by atoms with Crippen molar-refractivity contribution in [3.05, 3.63) is 29.8 Å². The quantitative estimate of drug-likeness (QED) is 0.724. The van der Waals surface area contributed by atoms with E-state index in [1.54, 1.807) is 24.3 Å². The molecule has 0 aliphatic heterocycles. The van der Waals surface area contributed by atoms with Crippen LogP contribution in [0, 0.1) is 16.7 Å². The highest BCUT2D eigenvalue weighted by Crippen LogP contribution is 2.30. The lowest BCUT2D eigenvalue weighted by Crippen LogP contribution is -2.33. The third-order valence-corrected chi connectivity index (χ3v) is 4.77. The van der Waals surface area contributed by atoms with Crippen LogP contribution in [0.3, 0.4) is 0 Å². The lowest BCUT2D eigenvalue weighted by molar-refractivity contribution is 0.155. The molecule has 0 aliphatic carbocycles. The molecule has 0 fully saturated rings. The number of halogens is 1. The van der Waals surface area contributed by atoms with Gasteiger partial charge in [0.1, 0.15) is 5.75 Å². The van der Waals surface area contributed by atoms with Crippen molar-refractivity contribution < 1.29 is 13.2 Å². The van der Waals surface area contributed by atoms with E-state index in [-0.39, 0.29) is 12.4 Å². The smallest absolute Gasteiger partial charge is 0.233 e. The Balaban J connectivity index is 2.84. The maximum Gasteiger partial charge on any atom is 0.233 e. The fraction of sp³-hybridized carbons (Fsp3) is 0.500. The molecule has 1 aromatic rings. The summed E-state index contributed by atoms with van der Waals surface area (Å²) in [4.78, 5) is 0. The summed E-state index contributed by atoms with van der Waals surface area (Å²) in [5.74, 6) is 0.439. The van der Waals surface area contributed by atoms with Crippen molar-refractivity contribution >= 4 is 19.7 Å². The van der Waals surface area contributed by atoms with Gasteiger partial charge < -0.3 is 4.74 Å². The van der Waals surface area contributed by atoms with Gasteiger partial charge >= 0.3 is 0 Å². The standard InChI is InChI=1S/C14H18ClNO3S/c1-3-14(4-2,11-20(15,17)18)10-19-13-7-5-6-12(8-13)9-16/h5-8H,3-4,10-11H2,1-2H3. The molecule has 4 nitrogen and oxygen atoms in total. The highest BCUT2D eigenvalue weighted by molar-refractivity contribution is 8.13. The second kappa shape index (κ2) is 6.96. The summed E-state index contributed by atoms with van der Waals surface area (Å²) in [5, 5.41) is 8.83. The zero-order valence-electron chi connectivity index (χ0n) is 11.6. The molecule has 110 valence electrons. The van der Waals surface area contributed by atoms with Gasteiger partial charge in [-0.2, -0.15) is 5.26 Å². The number of ether oxygens (including phenoxy) is 1. The third kappa shape index (κ3) is 5.03. The molecule has 0 unspecified atom stereocenters. The fourth-order valence-electron chi connectivity index (χ4n) is 1.96. The van der Waals surface area contributed by atoms with Gasteiger partial charge in [0.2, 0.25) is 9.05 Å². The number of benzene rings is 1. The highest BCUT2D eigenvalue weighted by atomic mass is 35.7. The molecular formula is C14H18ClNO3S. The molecule has 0 radical (unpaired) electrons. The van der Waals surface area contributed by atoms with Crippen molar-refractivity contribution in [3.8, 4) is 11.8 Å². The van der Waals surface area contributed by atoms with Crippen LogP contribution in [0.1, 0.15) is 32.3 Å². The van der Waals surface area contributed by atoms with Crippen LogP contribution in [0.2, 0.25) is 0 Å². The average Bonchev–Trinajstić information content (AvgIpc) is 2.42. The Labute approximate surface area is 124 Å². The number of nitriles is 1. The van der Waals surface area contributed by atoms with E-state index in [9.17, 15) is 8.42 Å². The van der Waals surface area contributed by atoms with Crippen molar-refractivity contribution in [2.45, 2.75) is 26.7 Å². The summed E-state index contributed by atoms with van der Waals surface area (Å²) in [5.41, 5.74) is -0.00507. The Hall–Kier alpha value is -1.25. The number of hydrogen-bond donors (Lipinski definition) is 0. The van der Waals surface area contributed by atoms with Gasteiger partial charge in [-0.25, -0.2) is 8.42 Å². The molecule has 0 saturated carbocycles. The molecule has 0 amide bonds. The van der Waals surface area contributed by atoms with Crippen LogP contribution in [-0.4, -0.2) is 20.8 Å². The average molecular weight is 316 g/mol. The molecule has 0 heterocycles. The Bertz CT molecular complexity index is 589. The summed E-state index contributed by atoms with van der Waals surface area (Å²) >= 11 is 0. The van der Waals surface area contributed by atoms with Crippen LogP contribution in [0.15, 0.2) is 24.3 Å². The zero-order chi connectivity index (χ0) is 15.2. The van der Waals surface area contributed by atoms with Crippen LogP contribution in [0.5, 0.6) is 5.75 Å². The largest absolute Gasteiger partial charge is 0.493 e. The van der Waals surface area contributed by atoms with Crippen molar-refractivity contribution in [1.29, 1.82) is 5.26 Å². The molecular weight excluding hydrogens is 298 g/mol. The number of rotatable bonds is 7. The summed E-state index contributed by atoms with van der Waals surface area (Å²) < 4.78 is 28.4. The topological polar surface area (TPSA) is 67.2 Å². The Morgan fingerprint density at radius 3 is 2.50 bits per heavy atom. The SMILES string of the molecule is CCC(CC)(COc1cccc(C#N)c1)CS(=O)(=O)Cl. The van der Waals surface area contributed by atoms with E-state index in [4.69, 9.17) is 20.7 Å². The van der Waals surface area contributed by atoms with Gasteiger partial charge in [0, 0.05) is 16.1 Å². The molecule has 20 heavy (non-hydrogen) atoms. The minimum Gasteiger partial charge on any atom is -0.493 e. The normalized spacial score (nSPS) is 11.9. The minimum absolute atomic E-state index is 0.119. The van der Waals surface area contributed by atoms with E-state index in [2.05, 4.69) is 0 Å². The molecule has 0 aromatic heterocycles. The van der Waals surface area contributed by atoms with E-state index in [0.29, 0.717) is 24.2 Å². The van der Waals surface area contributed by atoms with Crippen molar-refractivity contribution in [2.24, 2.45) is 5.41 Å². The molecule has 0 saturated heterocycles. The highest BCUT2D eigenvalue weighted by Gasteiger charge is 2.32. The van der Waals surface area contributed by atoms with Gasteiger partial charge in [0.25, 0.3) is 0 Å². The summed E-state index contributed by atoms with van der Waals surface area (Å²) in [6, 6.07) is 8.82. The minimum atomic E-state index is -3.58.